The molecule has 2 nitrogen and oxygen atoms in total. The standard InChI is InChI=1S/C43H34N2/c1-4-22-45-39-19-10-9-18-38(39)44-42(45)30-13-11-12-27(23-30)28-20-21-29-25-36-37(26-31(29)24-28)43(2,3)41-35-17-8-6-15-33(35)32-14-5-7-16-34(32)40(36)41/h5-21,23-26H,4,22H2,1-3H3. The molecule has 7 aromatic carbocycles. The summed E-state index contributed by atoms with van der Waals surface area (Å²) in [6, 6.07) is 47.1. The number of para-hydroxylation sites is 2. The lowest BCUT2D eigenvalue weighted by atomic mass is 9.79. The summed E-state index contributed by atoms with van der Waals surface area (Å²) in [5.41, 5.74) is 11.4. The second kappa shape index (κ2) is 9.64. The molecule has 0 unspecified atom stereocenters. The molecule has 0 fully saturated rings. The summed E-state index contributed by atoms with van der Waals surface area (Å²) in [5.74, 6) is 1.04. The van der Waals surface area contributed by atoms with Crippen molar-refractivity contribution in [3.8, 4) is 33.6 Å². The van der Waals surface area contributed by atoms with Crippen molar-refractivity contribution in [1.82, 2.24) is 9.55 Å². The van der Waals surface area contributed by atoms with E-state index in [-0.39, 0.29) is 5.41 Å². The first-order valence-electron chi connectivity index (χ1n) is 16.1. The third-order valence-electron chi connectivity index (χ3n) is 10.0. The SMILES string of the molecule is CCCn1c(-c2cccc(-c3ccc4cc5c(cc4c3)C(C)(C)c3c-5c4ccccc4c4ccccc34)c2)nc2ccccc21. The Labute approximate surface area is 263 Å². The highest BCUT2D eigenvalue weighted by Crippen LogP contribution is 2.55. The van der Waals surface area contributed by atoms with E-state index in [2.05, 4.69) is 153 Å². The number of hydrogen-bond acceptors (Lipinski definition) is 1. The molecule has 0 saturated heterocycles. The first-order valence-corrected chi connectivity index (χ1v) is 16.1. The Morgan fingerprint density at radius 2 is 1.29 bits per heavy atom. The number of aryl methyl sites for hydroxylation is 1. The van der Waals surface area contributed by atoms with Crippen molar-refractivity contribution in [3.05, 3.63) is 139 Å². The molecule has 216 valence electrons. The van der Waals surface area contributed by atoms with Crippen molar-refractivity contribution in [3.63, 3.8) is 0 Å². The number of imidazole rings is 1. The van der Waals surface area contributed by atoms with Crippen molar-refractivity contribution < 1.29 is 0 Å². The fourth-order valence-corrected chi connectivity index (χ4v) is 7.99. The maximum absolute atomic E-state index is 5.07. The zero-order chi connectivity index (χ0) is 30.3. The van der Waals surface area contributed by atoms with E-state index in [0.29, 0.717) is 0 Å². The summed E-state index contributed by atoms with van der Waals surface area (Å²) >= 11 is 0. The van der Waals surface area contributed by atoms with E-state index in [0.717, 1.165) is 29.9 Å². The Balaban J connectivity index is 1.20. The van der Waals surface area contributed by atoms with Crippen LogP contribution in [0.25, 0.3) is 77.0 Å². The molecule has 0 amide bonds. The van der Waals surface area contributed by atoms with E-state index in [1.807, 2.05) is 0 Å². The Bertz CT molecular complexity index is 2480. The van der Waals surface area contributed by atoms with E-state index in [9.17, 15) is 0 Å². The molecule has 1 aliphatic rings. The van der Waals surface area contributed by atoms with Gasteiger partial charge in [-0.1, -0.05) is 112 Å². The maximum Gasteiger partial charge on any atom is 0.141 e. The first-order chi connectivity index (χ1) is 22.0. The third kappa shape index (κ3) is 3.78. The molecule has 1 aliphatic carbocycles. The highest BCUT2D eigenvalue weighted by molar-refractivity contribution is 6.19. The first kappa shape index (κ1) is 26.2. The molecule has 1 aromatic heterocycles. The number of benzene rings is 7. The van der Waals surface area contributed by atoms with Gasteiger partial charge in [-0.05, 0) is 109 Å². The van der Waals surface area contributed by atoms with Gasteiger partial charge in [0.05, 0.1) is 11.0 Å². The fourth-order valence-electron chi connectivity index (χ4n) is 7.99. The summed E-state index contributed by atoms with van der Waals surface area (Å²) in [6.45, 7) is 7.98. The van der Waals surface area contributed by atoms with Crippen LogP contribution in [0.15, 0.2) is 127 Å². The maximum atomic E-state index is 5.07. The molecule has 9 rings (SSSR count). The monoisotopic (exact) mass is 578 g/mol. The fraction of sp³-hybridized carbons (Fsp3) is 0.140. The Kier molecular flexibility index (Phi) is 5.62. The molecular formula is C43H34N2. The Morgan fingerprint density at radius 1 is 0.600 bits per heavy atom. The Hall–Kier alpha value is -5.21. The lowest BCUT2D eigenvalue weighted by molar-refractivity contribution is 0.667. The van der Waals surface area contributed by atoms with Gasteiger partial charge in [0.25, 0.3) is 0 Å². The van der Waals surface area contributed by atoms with Crippen molar-refractivity contribution in [2.24, 2.45) is 0 Å². The van der Waals surface area contributed by atoms with Gasteiger partial charge in [-0.2, -0.15) is 0 Å². The van der Waals surface area contributed by atoms with Crippen LogP contribution in [-0.2, 0) is 12.0 Å². The molecule has 0 N–H and O–H groups in total. The molecule has 1 heterocycles. The largest absolute Gasteiger partial charge is 0.324 e. The Morgan fingerprint density at radius 3 is 2.11 bits per heavy atom. The van der Waals surface area contributed by atoms with Gasteiger partial charge >= 0.3 is 0 Å². The van der Waals surface area contributed by atoms with Crippen molar-refractivity contribution in [2.45, 2.75) is 39.2 Å². The van der Waals surface area contributed by atoms with Gasteiger partial charge < -0.3 is 4.57 Å². The quantitative estimate of drug-likeness (QED) is 0.190. The summed E-state index contributed by atoms with van der Waals surface area (Å²) in [5, 5.41) is 7.94. The predicted octanol–water partition coefficient (Wildman–Crippen LogP) is 11.5. The lowest BCUT2D eigenvalue weighted by Crippen LogP contribution is -2.15. The van der Waals surface area contributed by atoms with Crippen LogP contribution < -0.4 is 0 Å². The summed E-state index contributed by atoms with van der Waals surface area (Å²) in [7, 11) is 0. The van der Waals surface area contributed by atoms with Gasteiger partial charge in [0.2, 0.25) is 0 Å². The second-order valence-corrected chi connectivity index (χ2v) is 13.1. The number of rotatable bonds is 4. The highest BCUT2D eigenvalue weighted by Gasteiger charge is 2.38. The van der Waals surface area contributed by atoms with Crippen LogP contribution in [0.3, 0.4) is 0 Å². The number of nitrogens with zero attached hydrogens (tertiary/aromatic N) is 2. The molecule has 0 bridgehead atoms. The molecule has 8 aromatic rings. The summed E-state index contributed by atoms with van der Waals surface area (Å²) in [6.07, 6.45) is 1.06. The van der Waals surface area contributed by atoms with Crippen LogP contribution >= 0.6 is 0 Å². The molecule has 0 spiro atoms. The van der Waals surface area contributed by atoms with Gasteiger partial charge in [-0.25, -0.2) is 4.98 Å². The molecule has 2 heteroatoms. The minimum absolute atomic E-state index is 0.114. The third-order valence-corrected chi connectivity index (χ3v) is 10.0. The van der Waals surface area contributed by atoms with E-state index >= 15 is 0 Å². The number of hydrogen-bond donors (Lipinski definition) is 0. The van der Waals surface area contributed by atoms with Crippen LogP contribution in [0, 0.1) is 0 Å². The van der Waals surface area contributed by atoms with Crippen molar-refractivity contribution in [1.29, 1.82) is 0 Å². The zero-order valence-corrected chi connectivity index (χ0v) is 25.9. The van der Waals surface area contributed by atoms with Gasteiger partial charge in [-0.15, -0.1) is 0 Å². The minimum Gasteiger partial charge on any atom is -0.324 e. The number of aromatic nitrogens is 2. The topological polar surface area (TPSA) is 17.8 Å². The lowest BCUT2D eigenvalue weighted by Gasteiger charge is -2.24. The smallest absolute Gasteiger partial charge is 0.141 e. The molecular weight excluding hydrogens is 544 g/mol. The van der Waals surface area contributed by atoms with Gasteiger partial charge in [0.1, 0.15) is 5.82 Å². The van der Waals surface area contributed by atoms with Gasteiger partial charge in [0.15, 0.2) is 0 Å². The summed E-state index contributed by atoms with van der Waals surface area (Å²) in [4.78, 5) is 5.07. The second-order valence-electron chi connectivity index (χ2n) is 13.1. The minimum atomic E-state index is -0.114. The van der Waals surface area contributed by atoms with E-state index in [1.54, 1.807) is 0 Å². The predicted molar refractivity (Wildman–Crippen MR) is 191 cm³/mol. The van der Waals surface area contributed by atoms with E-state index in [4.69, 9.17) is 4.98 Å². The molecule has 45 heavy (non-hydrogen) atoms. The van der Waals surface area contributed by atoms with Crippen LogP contribution in [0.5, 0.6) is 0 Å². The van der Waals surface area contributed by atoms with E-state index < -0.39 is 0 Å². The normalized spacial score (nSPS) is 13.6. The van der Waals surface area contributed by atoms with Crippen molar-refractivity contribution in [2.75, 3.05) is 0 Å². The highest BCUT2D eigenvalue weighted by atomic mass is 15.1. The number of fused-ring (bicyclic) bond motifs is 10. The van der Waals surface area contributed by atoms with Crippen LogP contribution in [-0.4, -0.2) is 9.55 Å². The molecule has 0 aliphatic heterocycles. The van der Waals surface area contributed by atoms with E-state index in [1.165, 1.54) is 71.2 Å². The van der Waals surface area contributed by atoms with Crippen LogP contribution in [0.4, 0.5) is 0 Å². The molecule has 0 radical (unpaired) electrons. The van der Waals surface area contributed by atoms with Crippen LogP contribution in [0.2, 0.25) is 0 Å². The summed E-state index contributed by atoms with van der Waals surface area (Å²) < 4.78 is 2.37. The van der Waals surface area contributed by atoms with Gasteiger partial charge in [0, 0.05) is 17.5 Å². The van der Waals surface area contributed by atoms with Gasteiger partial charge in [-0.3, -0.25) is 0 Å². The zero-order valence-electron chi connectivity index (χ0n) is 25.9. The van der Waals surface area contributed by atoms with Crippen LogP contribution in [0.1, 0.15) is 38.3 Å². The van der Waals surface area contributed by atoms with Crippen molar-refractivity contribution >= 4 is 43.4 Å². The average molecular weight is 579 g/mol. The molecule has 0 atom stereocenters. The average Bonchev–Trinajstić information content (AvgIpc) is 3.56. The molecule has 0 saturated carbocycles.